The molecule has 0 aromatic heterocycles. The summed E-state index contributed by atoms with van der Waals surface area (Å²) in [4.78, 5) is 0. The van der Waals surface area contributed by atoms with Crippen LogP contribution in [0.4, 0.5) is 0 Å². The average molecular weight is 547 g/mol. The van der Waals surface area contributed by atoms with Gasteiger partial charge in [-0.2, -0.15) is 0 Å². The number of fused-ring (bicyclic) bond motifs is 3. The Hall–Kier alpha value is -5.46. The highest BCUT2D eigenvalue weighted by molar-refractivity contribution is 6.23. The van der Waals surface area contributed by atoms with E-state index in [1.165, 1.54) is 82.4 Å². The summed E-state index contributed by atoms with van der Waals surface area (Å²) in [5, 5.41) is 7.67. The van der Waals surface area contributed by atoms with Crippen LogP contribution in [0.15, 0.2) is 164 Å². The molecule has 202 valence electrons. The standard InChI is InChI=1S/C43H30/c1-29-27-34(25-26-35(29)33-18-11-17-32(28-33)30-13-3-2-4-14-30)42-38-20-7-9-22-40(38)43(41-23-10-8-21-39(41)42)37-24-12-16-31-15-5-6-19-36(31)37/h2-28H,1H3. The third kappa shape index (κ3) is 4.31. The molecule has 0 aliphatic carbocycles. The minimum Gasteiger partial charge on any atom is -0.0622 e. The predicted molar refractivity (Wildman–Crippen MR) is 185 cm³/mol. The quantitative estimate of drug-likeness (QED) is 0.193. The summed E-state index contributed by atoms with van der Waals surface area (Å²) >= 11 is 0. The van der Waals surface area contributed by atoms with Crippen LogP contribution in [0.25, 0.3) is 76.8 Å². The Morgan fingerprint density at radius 1 is 0.302 bits per heavy atom. The molecular formula is C43H30. The first-order valence-corrected chi connectivity index (χ1v) is 14.9. The van der Waals surface area contributed by atoms with Crippen molar-refractivity contribution in [3.8, 4) is 44.5 Å². The summed E-state index contributed by atoms with van der Waals surface area (Å²) < 4.78 is 0. The fraction of sp³-hybridized carbons (Fsp3) is 0.0233. The van der Waals surface area contributed by atoms with Gasteiger partial charge in [-0.15, -0.1) is 0 Å². The molecule has 0 saturated carbocycles. The highest BCUT2D eigenvalue weighted by Gasteiger charge is 2.18. The lowest BCUT2D eigenvalue weighted by molar-refractivity contribution is 1.46. The second kappa shape index (κ2) is 10.4. The predicted octanol–water partition coefficient (Wildman–Crippen LogP) is 12.1. The Labute approximate surface area is 252 Å². The molecule has 0 N–H and O–H groups in total. The zero-order valence-corrected chi connectivity index (χ0v) is 24.1. The number of hydrogen-bond donors (Lipinski definition) is 0. The van der Waals surface area contributed by atoms with Crippen molar-refractivity contribution in [2.24, 2.45) is 0 Å². The lowest BCUT2D eigenvalue weighted by atomic mass is 9.84. The van der Waals surface area contributed by atoms with Gasteiger partial charge in [-0.1, -0.05) is 158 Å². The van der Waals surface area contributed by atoms with Crippen molar-refractivity contribution in [1.29, 1.82) is 0 Å². The van der Waals surface area contributed by atoms with Gasteiger partial charge < -0.3 is 0 Å². The van der Waals surface area contributed by atoms with Gasteiger partial charge in [-0.3, -0.25) is 0 Å². The van der Waals surface area contributed by atoms with Crippen molar-refractivity contribution in [2.75, 3.05) is 0 Å². The van der Waals surface area contributed by atoms with Crippen molar-refractivity contribution in [1.82, 2.24) is 0 Å². The van der Waals surface area contributed by atoms with Crippen molar-refractivity contribution in [3.63, 3.8) is 0 Å². The molecule has 0 bridgehead atoms. The summed E-state index contributed by atoms with van der Waals surface area (Å²) in [6, 6.07) is 59.7. The smallest absolute Gasteiger partial charge is 0.00201 e. The number of hydrogen-bond acceptors (Lipinski definition) is 0. The van der Waals surface area contributed by atoms with E-state index in [-0.39, 0.29) is 0 Å². The molecule has 0 atom stereocenters. The molecule has 0 aliphatic heterocycles. The molecule has 0 fully saturated rings. The van der Waals surface area contributed by atoms with E-state index in [9.17, 15) is 0 Å². The maximum absolute atomic E-state index is 2.37. The van der Waals surface area contributed by atoms with E-state index in [1.54, 1.807) is 0 Å². The van der Waals surface area contributed by atoms with Crippen molar-refractivity contribution in [3.05, 3.63) is 169 Å². The molecule has 0 amide bonds. The third-order valence-corrected chi connectivity index (χ3v) is 8.79. The first-order valence-electron chi connectivity index (χ1n) is 14.9. The van der Waals surface area contributed by atoms with Crippen LogP contribution < -0.4 is 0 Å². The molecular weight excluding hydrogens is 516 g/mol. The van der Waals surface area contributed by atoms with Crippen LogP contribution in [-0.2, 0) is 0 Å². The van der Waals surface area contributed by atoms with Gasteiger partial charge >= 0.3 is 0 Å². The second-order valence-corrected chi connectivity index (χ2v) is 11.3. The molecule has 0 heterocycles. The molecule has 0 saturated heterocycles. The SMILES string of the molecule is Cc1cc(-c2c3ccccc3c(-c3cccc4ccccc34)c3ccccc23)ccc1-c1cccc(-c2ccccc2)c1. The normalized spacial score (nSPS) is 11.4. The lowest BCUT2D eigenvalue weighted by Crippen LogP contribution is -1.92. The summed E-state index contributed by atoms with van der Waals surface area (Å²) in [6.45, 7) is 2.24. The molecule has 8 aromatic carbocycles. The molecule has 0 nitrogen and oxygen atoms in total. The fourth-order valence-electron chi connectivity index (χ4n) is 6.81. The zero-order valence-electron chi connectivity index (χ0n) is 24.1. The second-order valence-electron chi connectivity index (χ2n) is 11.3. The Kier molecular flexibility index (Phi) is 6.12. The van der Waals surface area contributed by atoms with E-state index in [1.807, 2.05) is 0 Å². The van der Waals surface area contributed by atoms with E-state index in [2.05, 4.69) is 171 Å². The Morgan fingerprint density at radius 2 is 0.837 bits per heavy atom. The van der Waals surface area contributed by atoms with Crippen LogP contribution in [0, 0.1) is 6.92 Å². The first kappa shape index (κ1) is 25.3. The third-order valence-electron chi connectivity index (χ3n) is 8.79. The fourth-order valence-corrected chi connectivity index (χ4v) is 6.81. The van der Waals surface area contributed by atoms with Gasteiger partial charge in [0.05, 0.1) is 0 Å². The zero-order chi connectivity index (χ0) is 28.8. The van der Waals surface area contributed by atoms with Crippen LogP contribution >= 0.6 is 0 Å². The molecule has 0 radical (unpaired) electrons. The topological polar surface area (TPSA) is 0 Å². The molecule has 43 heavy (non-hydrogen) atoms. The highest BCUT2D eigenvalue weighted by atomic mass is 14.2. The Balaban J connectivity index is 1.34. The number of benzene rings is 8. The minimum atomic E-state index is 1.24. The van der Waals surface area contributed by atoms with E-state index < -0.39 is 0 Å². The molecule has 0 heteroatoms. The molecule has 0 unspecified atom stereocenters. The molecule has 0 spiro atoms. The first-order chi connectivity index (χ1) is 21.3. The van der Waals surface area contributed by atoms with E-state index in [0.29, 0.717) is 0 Å². The number of aryl methyl sites for hydroxylation is 1. The summed E-state index contributed by atoms with van der Waals surface area (Å²) in [7, 11) is 0. The average Bonchev–Trinajstić information content (AvgIpc) is 3.07. The Bertz CT molecular complexity index is 2230. The van der Waals surface area contributed by atoms with Crippen molar-refractivity contribution >= 4 is 32.3 Å². The summed E-state index contributed by atoms with van der Waals surface area (Å²) in [5.41, 5.74) is 11.4. The molecule has 8 aromatic rings. The largest absolute Gasteiger partial charge is 0.0622 e. The van der Waals surface area contributed by atoms with Crippen molar-refractivity contribution < 1.29 is 0 Å². The van der Waals surface area contributed by atoms with Gasteiger partial charge in [-0.05, 0) is 95.4 Å². The van der Waals surface area contributed by atoms with E-state index >= 15 is 0 Å². The maximum atomic E-state index is 2.37. The summed E-state index contributed by atoms with van der Waals surface area (Å²) in [5.74, 6) is 0. The van der Waals surface area contributed by atoms with E-state index in [0.717, 1.165) is 0 Å². The van der Waals surface area contributed by atoms with Gasteiger partial charge in [0, 0.05) is 0 Å². The van der Waals surface area contributed by atoms with Gasteiger partial charge in [0.25, 0.3) is 0 Å². The van der Waals surface area contributed by atoms with Gasteiger partial charge in [0.1, 0.15) is 0 Å². The van der Waals surface area contributed by atoms with Gasteiger partial charge in [0.15, 0.2) is 0 Å². The van der Waals surface area contributed by atoms with E-state index in [4.69, 9.17) is 0 Å². The molecule has 0 aliphatic rings. The van der Waals surface area contributed by atoms with Crippen LogP contribution in [0.5, 0.6) is 0 Å². The molecule has 8 rings (SSSR count). The van der Waals surface area contributed by atoms with Gasteiger partial charge in [-0.25, -0.2) is 0 Å². The summed E-state index contributed by atoms with van der Waals surface area (Å²) in [6.07, 6.45) is 0. The Morgan fingerprint density at radius 3 is 1.53 bits per heavy atom. The maximum Gasteiger partial charge on any atom is -0.00201 e. The number of rotatable bonds is 4. The van der Waals surface area contributed by atoms with Crippen molar-refractivity contribution in [2.45, 2.75) is 6.92 Å². The minimum absolute atomic E-state index is 1.24. The monoisotopic (exact) mass is 546 g/mol. The highest BCUT2D eigenvalue weighted by Crippen LogP contribution is 2.45. The van der Waals surface area contributed by atoms with Crippen LogP contribution in [0.2, 0.25) is 0 Å². The van der Waals surface area contributed by atoms with Crippen LogP contribution in [0.1, 0.15) is 5.56 Å². The lowest BCUT2D eigenvalue weighted by Gasteiger charge is -2.19. The van der Waals surface area contributed by atoms with Gasteiger partial charge in [0.2, 0.25) is 0 Å². The van der Waals surface area contributed by atoms with Crippen LogP contribution in [0.3, 0.4) is 0 Å². The van der Waals surface area contributed by atoms with Crippen LogP contribution in [-0.4, -0.2) is 0 Å².